The minimum Gasteiger partial charge on any atom is -0.352 e. The molecule has 1 amide bonds. The summed E-state index contributed by atoms with van der Waals surface area (Å²) in [4.78, 5) is 19.7. The lowest BCUT2D eigenvalue weighted by molar-refractivity contribution is -0.116. The van der Waals surface area contributed by atoms with Crippen molar-refractivity contribution in [1.82, 2.24) is 19.8 Å². The minimum atomic E-state index is -0.130. The van der Waals surface area contributed by atoms with E-state index in [1.807, 2.05) is 55.6 Å². The molecule has 0 saturated carbocycles. The molecule has 2 aromatic heterocycles. The molecule has 0 bridgehead atoms. The van der Waals surface area contributed by atoms with Crippen molar-refractivity contribution in [3.8, 4) is 5.69 Å². The van der Waals surface area contributed by atoms with Crippen molar-refractivity contribution in [2.45, 2.75) is 46.2 Å². The Morgan fingerprint density at radius 1 is 0.974 bits per heavy atom. The molecule has 0 spiro atoms. The van der Waals surface area contributed by atoms with E-state index in [9.17, 15) is 4.79 Å². The Balaban J connectivity index is 1.47. The standard InChI is InChI=1S/C31H33N5OS/c1-20-9-7-11-24(17-20)33-28(37)14-16-35-30(29(34-31(35)38)27-13-5-6-15-32-27)26-19-22(3)36(23(26)4)25-12-8-10-21(2)18-25/h5-13,15,17-19,29-30H,14,16H2,1-4H3,(H,33,37)(H,34,38)/t29-,30+/m0/s1. The molecule has 2 N–H and O–H groups in total. The molecule has 3 heterocycles. The van der Waals surface area contributed by atoms with Gasteiger partial charge in [-0.1, -0.05) is 30.3 Å². The first kappa shape index (κ1) is 25.7. The number of thiocarbonyl (C=S) groups is 1. The first-order valence-electron chi connectivity index (χ1n) is 12.9. The fraction of sp³-hybridized carbons (Fsp3) is 0.258. The molecule has 1 aliphatic heterocycles. The van der Waals surface area contributed by atoms with Crippen molar-refractivity contribution in [3.05, 3.63) is 113 Å². The van der Waals surface area contributed by atoms with Crippen molar-refractivity contribution in [2.24, 2.45) is 0 Å². The highest BCUT2D eigenvalue weighted by atomic mass is 32.1. The maximum Gasteiger partial charge on any atom is 0.226 e. The van der Waals surface area contributed by atoms with Gasteiger partial charge < -0.3 is 20.1 Å². The molecule has 2 atom stereocenters. The lowest BCUT2D eigenvalue weighted by Crippen LogP contribution is -2.32. The second-order valence-electron chi connectivity index (χ2n) is 9.99. The predicted octanol–water partition coefficient (Wildman–Crippen LogP) is 6.11. The maximum absolute atomic E-state index is 12.9. The number of carbonyl (C=O) groups excluding carboxylic acids is 1. The van der Waals surface area contributed by atoms with Gasteiger partial charge in [-0.15, -0.1) is 0 Å². The van der Waals surface area contributed by atoms with Gasteiger partial charge in [0.2, 0.25) is 5.91 Å². The van der Waals surface area contributed by atoms with Crippen LogP contribution in [0.25, 0.3) is 5.69 Å². The summed E-state index contributed by atoms with van der Waals surface area (Å²) in [7, 11) is 0. The number of hydrogen-bond acceptors (Lipinski definition) is 3. The lowest BCUT2D eigenvalue weighted by Gasteiger charge is -2.28. The molecule has 0 aliphatic carbocycles. The van der Waals surface area contributed by atoms with Crippen LogP contribution in [-0.4, -0.2) is 32.0 Å². The SMILES string of the molecule is Cc1cccc(NC(=O)CCN2C(=S)N[C@@H](c3ccccn3)[C@H]2c2cc(C)n(-c3cccc(C)c3)c2C)c1. The van der Waals surface area contributed by atoms with Gasteiger partial charge in [0.05, 0.1) is 17.8 Å². The molecule has 2 aromatic carbocycles. The van der Waals surface area contributed by atoms with Crippen molar-refractivity contribution >= 4 is 28.9 Å². The second kappa shape index (κ2) is 10.8. The number of benzene rings is 2. The van der Waals surface area contributed by atoms with Crippen LogP contribution in [0.2, 0.25) is 0 Å². The minimum absolute atomic E-state index is 0.0383. The van der Waals surface area contributed by atoms with E-state index >= 15 is 0 Å². The molecule has 5 rings (SSSR count). The number of anilines is 1. The van der Waals surface area contributed by atoms with E-state index in [-0.39, 0.29) is 18.0 Å². The number of nitrogens with one attached hydrogen (secondary N) is 2. The van der Waals surface area contributed by atoms with Crippen LogP contribution in [0.1, 0.15) is 52.3 Å². The Bertz CT molecular complexity index is 1480. The third-order valence-corrected chi connectivity index (χ3v) is 7.48. The largest absolute Gasteiger partial charge is 0.352 e. The summed E-state index contributed by atoms with van der Waals surface area (Å²) in [6.07, 6.45) is 2.13. The fourth-order valence-corrected chi connectivity index (χ4v) is 5.74. The Morgan fingerprint density at radius 3 is 2.45 bits per heavy atom. The van der Waals surface area contributed by atoms with Crippen molar-refractivity contribution < 1.29 is 4.79 Å². The number of carbonyl (C=O) groups is 1. The van der Waals surface area contributed by atoms with Gasteiger partial charge in [0.15, 0.2) is 5.11 Å². The van der Waals surface area contributed by atoms with Crippen molar-refractivity contribution in [1.29, 1.82) is 0 Å². The van der Waals surface area contributed by atoms with E-state index in [0.717, 1.165) is 34.0 Å². The van der Waals surface area contributed by atoms with Crippen LogP contribution < -0.4 is 10.6 Å². The summed E-state index contributed by atoms with van der Waals surface area (Å²) in [5.41, 5.74) is 8.67. The number of amides is 1. The van der Waals surface area contributed by atoms with E-state index in [4.69, 9.17) is 12.2 Å². The zero-order chi connectivity index (χ0) is 26.8. The molecule has 0 unspecified atom stereocenters. The first-order valence-corrected chi connectivity index (χ1v) is 13.3. The van der Waals surface area contributed by atoms with Crippen molar-refractivity contribution in [2.75, 3.05) is 11.9 Å². The van der Waals surface area contributed by atoms with Gasteiger partial charge in [0.25, 0.3) is 0 Å². The van der Waals surface area contributed by atoms with Crippen LogP contribution in [0.4, 0.5) is 5.69 Å². The molecule has 0 radical (unpaired) electrons. The summed E-state index contributed by atoms with van der Waals surface area (Å²) < 4.78 is 2.29. The normalized spacial score (nSPS) is 16.9. The summed E-state index contributed by atoms with van der Waals surface area (Å²) in [6.45, 7) is 8.91. The van der Waals surface area contributed by atoms with Crippen LogP contribution in [0.3, 0.4) is 0 Å². The number of nitrogens with zero attached hydrogens (tertiary/aromatic N) is 3. The molecule has 38 heavy (non-hydrogen) atoms. The van der Waals surface area contributed by atoms with Gasteiger partial charge in [0.1, 0.15) is 0 Å². The van der Waals surface area contributed by atoms with Gasteiger partial charge in [-0.2, -0.15) is 0 Å². The maximum atomic E-state index is 12.9. The number of hydrogen-bond donors (Lipinski definition) is 2. The zero-order valence-corrected chi connectivity index (χ0v) is 23.0. The average Bonchev–Trinajstić information content (AvgIpc) is 3.37. The molecule has 7 heteroatoms. The van der Waals surface area contributed by atoms with Crippen LogP contribution in [0, 0.1) is 27.7 Å². The first-order chi connectivity index (χ1) is 18.3. The molecular weight excluding hydrogens is 490 g/mol. The van der Waals surface area contributed by atoms with Crippen LogP contribution >= 0.6 is 12.2 Å². The van der Waals surface area contributed by atoms with Gasteiger partial charge in [-0.25, -0.2) is 0 Å². The van der Waals surface area contributed by atoms with Gasteiger partial charge in [0, 0.05) is 41.9 Å². The van der Waals surface area contributed by atoms with Gasteiger partial charge in [-0.3, -0.25) is 9.78 Å². The summed E-state index contributed by atoms with van der Waals surface area (Å²) in [6, 6.07) is 24.3. The smallest absolute Gasteiger partial charge is 0.226 e. The Morgan fingerprint density at radius 2 is 1.74 bits per heavy atom. The zero-order valence-electron chi connectivity index (χ0n) is 22.2. The van der Waals surface area contributed by atoms with E-state index < -0.39 is 0 Å². The van der Waals surface area contributed by atoms with E-state index in [2.05, 4.69) is 76.2 Å². The predicted molar refractivity (Wildman–Crippen MR) is 157 cm³/mol. The Kier molecular flexibility index (Phi) is 7.29. The third kappa shape index (κ3) is 5.20. The quantitative estimate of drug-likeness (QED) is 0.286. The molecule has 6 nitrogen and oxygen atoms in total. The number of rotatable bonds is 7. The number of aromatic nitrogens is 2. The number of pyridine rings is 1. The molecule has 1 fully saturated rings. The van der Waals surface area contributed by atoms with Crippen LogP contribution in [0.15, 0.2) is 79.0 Å². The molecule has 1 aliphatic rings. The van der Waals surface area contributed by atoms with E-state index in [0.29, 0.717) is 18.1 Å². The topological polar surface area (TPSA) is 62.2 Å². The third-order valence-electron chi connectivity index (χ3n) is 7.13. The van der Waals surface area contributed by atoms with Gasteiger partial charge >= 0.3 is 0 Å². The lowest BCUT2D eigenvalue weighted by atomic mass is 9.96. The van der Waals surface area contributed by atoms with E-state index in [1.165, 1.54) is 11.1 Å². The highest BCUT2D eigenvalue weighted by molar-refractivity contribution is 7.80. The van der Waals surface area contributed by atoms with Gasteiger partial charge in [-0.05, 0) is 99.1 Å². The molecule has 4 aromatic rings. The van der Waals surface area contributed by atoms with Crippen molar-refractivity contribution in [3.63, 3.8) is 0 Å². The van der Waals surface area contributed by atoms with Crippen LogP contribution in [0.5, 0.6) is 0 Å². The van der Waals surface area contributed by atoms with Crippen LogP contribution in [-0.2, 0) is 4.79 Å². The number of aryl methyl sites for hydroxylation is 3. The Labute approximate surface area is 229 Å². The highest BCUT2D eigenvalue weighted by Gasteiger charge is 2.41. The Hall–Kier alpha value is -3.97. The highest BCUT2D eigenvalue weighted by Crippen LogP contribution is 2.41. The molecule has 194 valence electrons. The monoisotopic (exact) mass is 523 g/mol. The second-order valence-corrected chi connectivity index (χ2v) is 10.4. The average molecular weight is 524 g/mol. The summed E-state index contributed by atoms with van der Waals surface area (Å²) in [5, 5.41) is 7.17. The van der Waals surface area contributed by atoms with E-state index in [1.54, 1.807) is 0 Å². The summed E-state index contributed by atoms with van der Waals surface area (Å²) >= 11 is 5.84. The fourth-order valence-electron chi connectivity index (χ4n) is 5.40. The summed E-state index contributed by atoms with van der Waals surface area (Å²) in [5.74, 6) is -0.0383. The molecular formula is C31H33N5OS. The molecule has 1 saturated heterocycles.